The highest BCUT2D eigenvalue weighted by Gasteiger charge is 2.38. The van der Waals surface area contributed by atoms with E-state index in [4.69, 9.17) is 0 Å². The van der Waals surface area contributed by atoms with Gasteiger partial charge in [0.15, 0.2) is 0 Å². The van der Waals surface area contributed by atoms with Crippen molar-refractivity contribution in [2.75, 3.05) is 7.05 Å². The van der Waals surface area contributed by atoms with E-state index in [1.165, 1.54) is 0 Å². The van der Waals surface area contributed by atoms with Crippen LogP contribution in [0.1, 0.15) is 12.0 Å². The number of aromatic nitrogens is 2. The number of aliphatic carboxylic acids is 1. The first-order valence-corrected chi connectivity index (χ1v) is 7.32. The first-order valence-electron chi connectivity index (χ1n) is 6.24. The molecule has 1 heterocycles. The second kappa shape index (κ2) is 6.36. The summed E-state index contributed by atoms with van der Waals surface area (Å²) in [4.78, 5) is 11.8. The standard InChI is InChI=1S/C14H16IN3O2/c1-16-14(13(19)20,11-5-3-2-4-6-11)7-8-18-10-12(15)9-17-18/h2-6,9-10,16H,7-8H2,1H3,(H,19,20). The van der Waals surface area contributed by atoms with Crippen molar-refractivity contribution < 1.29 is 9.90 Å². The molecular formula is C14H16IN3O2. The molecule has 0 bridgehead atoms. The van der Waals surface area contributed by atoms with Crippen LogP contribution in [0.5, 0.6) is 0 Å². The first kappa shape index (κ1) is 15.0. The van der Waals surface area contributed by atoms with Gasteiger partial charge in [0.05, 0.1) is 9.77 Å². The second-order valence-corrected chi connectivity index (χ2v) is 5.74. The van der Waals surface area contributed by atoms with Crippen LogP contribution in [0.4, 0.5) is 0 Å². The van der Waals surface area contributed by atoms with Crippen molar-refractivity contribution in [3.63, 3.8) is 0 Å². The number of hydrogen-bond donors (Lipinski definition) is 2. The molecule has 0 aliphatic rings. The normalized spacial score (nSPS) is 13.9. The van der Waals surface area contributed by atoms with Crippen LogP contribution in [0.25, 0.3) is 0 Å². The van der Waals surface area contributed by atoms with Gasteiger partial charge in [-0.25, -0.2) is 4.79 Å². The smallest absolute Gasteiger partial charge is 0.328 e. The van der Waals surface area contributed by atoms with E-state index in [-0.39, 0.29) is 0 Å². The maximum atomic E-state index is 11.8. The average Bonchev–Trinajstić information content (AvgIpc) is 2.87. The molecule has 2 N–H and O–H groups in total. The zero-order valence-corrected chi connectivity index (χ0v) is 13.2. The molecule has 0 saturated heterocycles. The maximum Gasteiger partial charge on any atom is 0.328 e. The molecule has 1 aromatic heterocycles. The number of carbonyl (C=O) groups is 1. The highest BCUT2D eigenvalue weighted by atomic mass is 127. The Hall–Kier alpha value is -1.41. The Kier molecular flexibility index (Phi) is 4.77. The van der Waals surface area contributed by atoms with Gasteiger partial charge in [-0.2, -0.15) is 5.10 Å². The molecule has 0 saturated carbocycles. The van der Waals surface area contributed by atoms with Gasteiger partial charge in [0.2, 0.25) is 0 Å². The number of hydrogen-bond acceptors (Lipinski definition) is 3. The van der Waals surface area contributed by atoms with Crippen molar-refractivity contribution in [3.05, 3.63) is 51.9 Å². The molecule has 5 nitrogen and oxygen atoms in total. The van der Waals surface area contributed by atoms with Crippen molar-refractivity contribution >= 4 is 28.6 Å². The lowest BCUT2D eigenvalue weighted by molar-refractivity contribution is -0.145. The summed E-state index contributed by atoms with van der Waals surface area (Å²) >= 11 is 2.18. The zero-order chi connectivity index (χ0) is 14.6. The van der Waals surface area contributed by atoms with Gasteiger partial charge in [0.1, 0.15) is 5.54 Å². The van der Waals surface area contributed by atoms with Gasteiger partial charge in [-0.3, -0.25) is 4.68 Å². The molecule has 0 aliphatic carbocycles. The molecule has 6 heteroatoms. The number of nitrogens with one attached hydrogen (secondary N) is 1. The van der Waals surface area contributed by atoms with Gasteiger partial charge in [-0.1, -0.05) is 30.3 Å². The minimum atomic E-state index is -1.10. The molecule has 1 unspecified atom stereocenters. The van der Waals surface area contributed by atoms with Crippen molar-refractivity contribution in [2.24, 2.45) is 0 Å². The third-order valence-electron chi connectivity index (χ3n) is 3.38. The molecule has 20 heavy (non-hydrogen) atoms. The van der Waals surface area contributed by atoms with Crippen molar-refractivity contribution in [1.82, 2.24) is 15.1 Å². The van der Waals surface area contributed by atoms with Crippen LogP contribution in [0.3, 0.4) is 0 Å². The van der Waals surface area contributed by atoms with Gasteiger partial charge in [0.25, 0.3) is 0 Å². The average molecular weight is 385 g/mol. The zero-order valence-electron chi connectivity index (χ0n) is 11.1. The molecule has 2 aromatic rings. The molecular weight excluding hydrogens is 369 g/mol. The van der Waals surface area contributed by atoms with Crippen LogP contribution in [0.15, 0.2) is 42.7 Å². The lowest BCUT2D eigenvalue weighted by Gasteiger charge is -2.29. The Balaban J connectivity index is 2.26. The van der Waals surface area contributed by atoms with Crippen LogP contribution < -0.4 is 5.32 Å². The summed E-state index contributed by atoms with van der Waals surface area (Å²) in [5.41, 5.74) is -0.351. The SMILES string of the molecule is CNC(CCn1cc(I)cn1)(C(=O)O)c1ccccc1. The lowest BCUT2D eigenvalue weighted by Crippen LogP contribution is -2.48. The van der Waals surface area contributed by atoms with E-state index in [0.29, 0.717) is 13.0 Å². The minimum Gasteiger partial charge on any atom is -0.480 e. The minimum absolute atomic E-state index is 0.417. The van der Waals surface area contributed by atoms with Gasteiger partial charge < -0.3 is 10.4 Å². The molecule has 0 fully saturated rings. The van der Waals surface area contributed by atoms with E-state index in [2.05, 4.69) is 33.0 Å². The number of likely N-dealkylation sites (N-methyl/N-ethyl adjacent to an activating group) is 1. The molecule has 0 amide bonds. The van der Waals surface area contributed by atoms with E-state index in [1.54, 1.807) is 17.9 Å². The lowest BCUT2D eigenvalue weighted by atomic mass is 9.86. The van der Waals surface area contributed by atoms with E-state index in [9.17, 15) is 9.90 Å². The quantitative estimate of drug-likeness (QED) is 0.748. The Morgan fingerprint density at radius 3 is 2.65 bits per heavy atom. The predicted molar refractivity (Wildman–Crippen MR) is 84.4 cm³/mol. The number of rotatable bonds is 6. The number of carboxylic acids is 1. The molecule has 106 valence electrons. The summed E-state index contributed by atoms with van der Waals surface area (Å²) in [6.07, 6.45) is 4.07. The van der Waals surface area contributed by atoms with Gasteiger partial charge in [-0.15, -0.1) is 0 Å². The first-order chi connectivity index (χ1) is 9.58. The van der Waals surface area contributed by atoms with E-state index in [0.717, 1.165) is 9.13 Å². The summed E-state index contributed by atoms with van der Waals surface area (Å²) in [6, 6.07) is 9.24. The van der Waals surface area contributed by atoms with Crippen molar-refractivity contribution in [3.8, 4) is 0 Å². The van der Waals surface area contributed by atoms with Crippen LogP contribution in [0, 0.1) is 3.57 Å². The molecule has 1 aromatic carbocycles. The van der Waals surface area contributed by atoms with Gasteiger partial charge in [-0.05, 0) is 35.2 Å². The molecule has 0 aliphatic heterocycles. The summed E-state index contributed by atoms with van der Waals surface area (Å²) in [5.74, 6) is -0.881. The Morgan fingerprint density at radius 2 is 2.15 bits per heavy atom. The monoisotopic (exact) mass is 385 g/mol. The Labute approximate surface area is 131 Å². The number of halogens is 1. The van der Waals surface area contributed by atoms with Crippen molar-refractivity contribution in [2.45, 2.75) is 18.5 Å². The fourth-order valence-corrected chi connectivity index (χ4v) is 2.66. The van der Waals surface area contributed by atoms with E-state index in [1.807, 2.05) is 36.5 Å². The fourth-order valence-electron chi connectivity index (χ4n) is 2.22. The number of carboxylic acid groups (broad SMARTS) is 1. The molecule has 2 rings (SSSR count). The molecule has 0 spiro atoms. The van der Waals surface area contributed by atoms with Crippen LogP contribution >= 0.6 is 22.6 Å². The Morgan fingerprint density at radius 1 is 1.45 bits per heavy atom. The third-order valence-corrected chi connectivity index (χ3v) is 3.93. The van der Waals surface area contributed by atoms with Gasteiger partial charge in [0, 0.05) is 19.2 Å². The number of aryl methyl sites for hydroxylation is 1. The van der Waals surface area contributed by atoms with Crippen LogP contribution in [-0.4, -0.2) is 27.9 Å². The summed E-state index contributed by atoms with van der Waals surface area (Å²) in [6.45, 7) is 0.533. The number of nitrogens with zero attached hydrogens (tertiary/aromatic N) is 2. The van der Waals surface area contributed by atoms with Gasteiger partial charge >= 0.3 is 5.97 Å². The topological polar surface area (TPSA) is 67.2 Å². The maximum absolute atomic E-state index is 11.8. The van der Waals surface area contributed by atoms with Crippen LogP contribution in [-0.2, 0) is 16.9 Å². The molecule has 0 radical (unpaired) electrons. The highest BCUT2D eigenvalue weighted by molar-refractivity contribution is 14.1. The molecule has 1 atom stereocenters. The summed E-state index contributed by atoms with van der Waals surface area (Å²) in [5, 5.41) is 16.8. The van der Waals surface area contributed by atoms with E-state index >= 15 is 0 Å². The second-order valence-electron chi connectivity index (χ2n) is 4.50. The number of benzene rings is 1. The highest BCUT2D eigenvalue weighted by Crippen LogP contribution is 2.26. The third kappa shape index (κ3) is 3.01. The summed E-state index contributed by atoms with van der Waals surface area (Å²) in [7, 11) is 1.67. The van der Waals surface area contributed by atoms with E-state index < -0.39 is 11.5 Å². The summed E-state index contributed by atoms with van der Waals surface area (Å²) < 4.78 is 2.80. The predicted octanol–water partition coefficient (Wildman–Crippen LogP) is 2.08. The van der Waals surface area contributed by atoms with Crippen LogP contribution in [0.2, 0.25) is 0 Å². The Bertz CT molecular complexity index is 585. The fraction of sp³-hybridized carbons (Fsp3) is 0.286. The largest absolute Gasteiger partial charge is 0.480 e. The van der Waals surface area contributed by atoms with Crippen molar-refractivity contribution in [1.29, 1.82) is 0 Å².